The van der Waals surface area contributed by atoms with Gasteiger partial charge in [-0.05, 0) is 80.1 Å². The van der Waals surface area contributed by atoms with E-state index in [2.05, 4.69) is 46.7 Å². The van der Waals surface area contributed by atoms with E-state index in [1.54, 1.807) is 18.9 Å². The fraction of sp³-hybridized carbons (Fsp3) is 0.273. The number of unbranched alkanes of at least 4 members (excludes halogenated alkanes) is 1. The molecule has 3 aromatic rings. The second-order valence-electron chi connectivity index (χ2n) is 6.34. The van der Waals surface area contributed by atoms with Gasteiger partial charge in [-0.2, -0.15) is 4.98 Å². The Morgan fingerprint density at radius 2 is 1.86 bits per heavy atom. The molecule has 1 aromatic heterocycles. The van der Waals surface area contributed by atoms with Gasteiger partial charge in [0, 0.05) is 16.0 Å². The monoisotopic (exact) mass is 395 g/mol. The van der Waals surface area contributed by atoms with Crippen LogP contribution in [0.15, 0.2) is 57.9 Å². The molecule has 6 heteroatoms. The third kappa shape index (κ3) is 5.24. The van der Waals surface area contributed by atoms with Crippen LogP contribution in [-0.4, -0.2) is 30.1 Å². The number of benzene rings is 2. The maximum absolute atomic E-state index is 5.66. The van der Waals surface area contributed by atoms with Crippen LogP contribution >= 0.6 is 11.8 Å². The number of hydrogen-bond donors (Lipinski definition) is 1. The van der Waals surface area contributed by atoms with Crippen LogP contribution in [0, 0.1) is 0 Å². The third-order valence-electron chi connectivity index (χ3n) is 4.41. The number of ether oxygens (including phenoxy) is 1. The highest BCUT2D eigenvalue weighted by atomic mass is 32.2. The molecular weight excluding hydrogens is 370 g/mol. The van der Waals surface area contributed by atoms with E-state index in [1.807, 2.05) is 24.3 Å². The summed E-state index contributed by atoms with van der Waals surface area (Å²) < 4.78 is 10.8. The lowest BCUT2D eigenvalue weighted by molar-refractivity contribution is 0.406. The predicted octanol–water partition coefficient (Wildman–Crippen LogP) is 5.14. The molecule has 2 aromatic carbocycles. The maximum Gasteiger partial charge on any atom is 0.254 e. The lowest BCUT2D eigenvalue weighted by atomic mass is 10.0. The highest BCUT2D eigenvalue weighted by Gasteiger charge is 2.13. The van der Waals surface area contributed by atoms with Crippen LogP contribution in [-0.2, 0) is 0 Å². The fourth-order valence-corrected chi connectivity index (χ4v) is 3.22. The molecular formula is C22H25N3O2S. The predicted molar refractivity (Wildman–Crippen MR) is 115 cm³/mol. The van der Waals surface area contributed by atoms with E-state index >= 15 is 0 Å². The first-order valence-electron chi connectivity index (χ1n) is 9.26. The average Bonchev–Trinajstić information content (AvgIpc) is 3.24. The quantitative estimate of drug-likeness (QED) is 0.400. The minimum absolute atomic E-state index is 0.553. The molecule has 0 aliphatic rings. The van der Waals surface area contributed by atoms with Gasteiger partial charge in [-0.1, -0.05) is 17.3 Å². The van der Waals surface area contributed by atoms with E-state index in [9.17, 15) is 0 Å². The van der Waals surface area contributed by atoms with Crippen molar-refractivity contribution in [1.29, 1.82) is 0 Å². The summed E-state index contributed by atoms with van der Waals surface area (Å²) in [6.07, 6.45) is 6.97. The Morgan fingerprint density at radius 1 is 1.11 bits per heavy atom. The van der Waals surface area contributed by atoms with Crippen molar-refractivity contribution in [2.75, 3.05) is 19.9 Å². The van der Waals surface area contributed by atoms with Gasteiger partial charge in [-0.25, -0.2) is 0 Å². The van der Waals surface area contributed by atoms with Gasteiger partial charge in [-0.15, -0.1) is 11.8 Å². The van der Waals surface area contributed by atoms with Crippen molar-refractivity contribution < 1.29 is 9.26 Å². The van der Waals surface area contributed by atoms with E-state index in [-0.39, 0.29) is 0 Å². The van der Waals surface area contributed by atoms with Gasteiger partial charge in [0.1, 0.15) is 5.75 Å². The van der Waals surface area contributed by atoms with Crippen molar-refractivity contribution in [3.05, 3.63) is 60.0 Å². The average molecular weight is 396 g/mol. The van der Waals surface area contributed by atoms with E-state index in [0.717, 1.165) is 41.7 Å². The van der Waals surface area contributed by atoms with Gasteiger partial charge in [0.05, 0.1) is 7.11 Å². The standard InChI is InChI=1S/C22H25N3O2S/c1-26-19-10-8-17(9-11-19)21-24-22(27-25-21)18(5-3-4-14-23)15-16-6-12-20(28-2)13-7-16/h6-13,15H,3-5,14,23H2,1-2H3/b18-15+. The van der Waals surface area contributed by atoms with Crippen LogP contribution < -0.4 is 10.5 Å². The first-order chi connectivity index (χ1) is 13.7. The molecule has 0 amide bonds. The Hall–Kier alpha value is -2.57. The maximum atomic E-state index is 5.66. The summed E-state index contributed by atoms with van der Waals surface area (Å²) in [7, 11) is 1.64. The number of hydrogen-bond acceptors (Lipinski definition) is 6. The number of nitrogens with zero attached hydrogens (tertiary/aromatic N) is 2. The zero-order valence-electron chi connectivity index (χ0n) is 16.2. The summed E-state index contributed by atoms with van der Waals surface area (Å²) >= 11 is 1.73. The summed E-state index contributed by atoms with van der Waals surface area (Å²) in [6, 6.07) is 16.1. The van der Waals surface area contributed by atoms with Crippen LogP contribution in [0.5, 0.6) is 5.75 Å². The van der Waals surface area contributed by atoms with E-state index in [1.165, 1.54) is 4.90 Å². The Labute approximate surface area is 170 Å². The van der Waals surface area contributed by atoms with Gasteiger partial charge in [0.25, 0.3) is 5.89 Å². The zero-order chi connectivity index (χ0) is 19.8. The molecule has 3 rings (SSSR count). The minimum Gasteiger partial charge on any atom is -0.497 e. The van der Waals surface area contributed by atoms with Gasteiger partial charge < -0.3 is 15.0 Å². The first kappa shape index (κ1) is 20.2. The normalized spacial score (nSPS) is 11.6. The lowest BCUT2D eigenvalue weighted by Crippen LogP contribution is -1.98. The number of aromatic nitrogens is 2. The molecule has 5 nitrogen and oxygen atoms in total. The largest absolute Gasteiger partial charge is 0.497 e. The first-order valence-corrected chi connectivity index (χ1v) is 10.5. The molecule has 0 fully saturated rings. The third-order valence-corrected chi connectivity index (χ3v) is 5.15. The van der Waals surface area contributed by atoms with Crippen molar-refractivity contribution in [2.24, 2.45) is 5.73 Å². The summed E-state index contributed by atoms with van der Waals surface area (Å²) in [5.74, 6) is 1.92. The lowest BCUT2D eigenvalue weighted by Gasteiger charge is -2.04. The molecule has 146 valence electrons. The Kier molecular flexibility index (Phi) is 7.28. The van der Waals surface area contributed by atoms with Crippen LogP contribution in [0.2, 0.25) is 0 Å². The van der Waals surface area contributed by atoms with Gasteiger partial charge in [0.15, 0.2) is 0 Å². The van der Waals surface area contributed by atoms with Crippen molar-refractivity contribution in [1.82, 2.24) is 10.1 Å². The molecule has 0 bridgehead atoms. The second kappa shape index (κ2) is 10.1. The number of methoxy groups -OCH3 is 1. The summed E-state index contributed by atoms with van der Waals surface area (Å²) in [5, 5.41) is 4.16. The molecule has 28 heavy (non-hydrogen) atoms. The van der Waals surface area contributed by atoms with Crippen molar-refractivity contribution in [3.8, 4) is 17.1 Å². The van der Waals surface area contributed by atoms with Crippen molar-refractivity contribution in [3.63, 3.8) is 0 Å². The topological polar surface area (TPSA) is 74.2 Å². The Morgan fingerprint density at radius 3 is 2.50 bits per heavy atom. The van der Waals surface area contributed by atoms with Crippen LogP contribution in [0.1, 0.15) is 30.7 Å². The Bertz CT molecular complexity index is 902. The summed E-state index contributed by atoms with van der Waals surface area (Å²) in [4.78, 5) is 5.86. The molecule has 0 atom stereocenters. The number of thioether (sulfide) groups is 1. The summed E-state index contributed by atoms with van der Waals surface area (Å²) in [6.45, 7) is 0.677. The molecule has 0 saturated heterocycles. The SMILES string of the molecule is COc1ccc(-c2noc(/C(=C/c3ccc(SC)cc3)CCCCN)n2)cc1. The number of allylic oxidation sites excluding steroid dienone is 1. The molecule has 1 heterocycles. The van der Waals surface area contributed by atoms with Crippen LogP contribution in [0.25, 0.3) is 23.0 Å². The summed E-state index contributed by atoms with van der Waals surface area (Å²) in [5.41, 5.74) is 8.69. The van der Waals surface area contributed by atoms with Gasteiger partial charge in [0.2, 0.25) is 5.82 Å². The van der Waals surface area contributed by atoms with Gasteiger partial charge >= 0.3 is 0 Å². The molecule has 0 aliphatic carbocycles. The van der Waals surface area contributed by atoms with E-state index in [4.69, 9.17) is 15.0 Å². The molecule has 0 radical (unpaired) electrons. The van der Waals surface area contributed by atoms with E-state index < -0.39 is 0 Å². The second-order valence-corrected chi connectivity index (χ2v) is 7.22. The highest BCUT2D eigenvalue weighted by molar-refractivity contribution is 7.98. The van der Waals surface area contributed by atoms with Gasteiger partial charge in [-0.3, -0.25) is 0 Å². The smallest absolute Gasteiger partial charge is 0.254 e. The van der Waals surface area contributed by atoms with Crippen LogP contribution in [0.4, 0.5) is 0 Å². The molecule has 2 N–H and O–H groups in total. The molecule has 0 aliphatic heterocycles. The number of nitrogens with two attached hydrogens (primary N) is 1. The minimum atomic E-state index is 0.553. The van der Waals surface area contributed by atoms with E-state index in [0.29, 0.717) is 18.3 Å². The molecule has 0 spiro atoms. The van der Waals surface area contributed by atoms with Crippen molar-refractivity contribution >= 4 is 23.4 Å². The fourth-order valence-electron chi connectivity index (χ4n) is 2.81. The Balaban J connectivity index is 1.86. The van der Waals surface area contributed by atoms with Crippen LogP contribution in [0.3, 0.4) is 0 Å². The molecule has 0 saturated carbocycles. The highest BCUT2D eigenvalue weighted by Crippen LogP contribution is 2.26. The molecule has 0 unspecified atom stereocenters. The van der Waals surface area contributed by atoms with Crippen molar-refractivity contribution in [2.45, 2.75) is 24.2 Å². The number of rotatable bonds is 9. The zero-order valence-corrected chi connectivity index (χ0v) is 17.0.